The number of Topliss-reactive ketones (excluding diaryl/α,β-unsaturated/α-hetero) is 1. The van der Waals surface area contributed by atoms with Crippen molar-refractivity contribution in [3.05, 3.63) is 71.8 Å². The Balaban J connectivity index is 1.67. The Morgan fingerprint density at radius 3 is 1.68 bits per heavy atom. The molecule has 14 heteroatoms. The molecule has 0 saturated carbocycles. The van der Waals surface area contributed by atoms with Crippen LogP contribution in [0, 0.1) is 23.7 Å². The molecule has 306 valence electrons. The van der Waals surface area contributed by atoms with Crippen molar-refractivity contribution in [1.29, 1.82) is 0 Å². The molecule has 2 aromatic rings. The summed E-state index contributed by atoms with van der Waals surface area (Å²) in [5.74, 6) is -5.54. The van der Waals surface area contributed by atoms with Crippen LogP contribution in [-0.2, 0) is 51.5 Å². The molecule has 56 heavy (non-hydrogen) atoms. The zero-order chi connectivity index (χ0) is 41.5. The molecule has 14 nitrogen and oxygen atoms in total. The largest absolute Gasteiger partial charge is 0.459 e. The Bertz CT molecular complexity index is 1650. The number of esters is 1. The van der Waals surface area contributed by atoms with Crippen molar-refractivity contribution in [1.82, 2.24) is 26.2 Å². The number of amides is 5. The van der Waals surface area contributed by atoms with Crippen molar-refractivity contribution in [3.63, 3.8) is 0 Å². The zero-order valence-electron chi connectivity index (χ0n) is 33.8. The molecule has 0 bridgehead atoms. The fourth-order valence-electron chi connectivity index (χ4n) is 6.32. The summed E-state index contributed by atoms with van der Waals surface area (Å²) in [6, 6.07) is 12.8. The van der Waals surface area contributed by atoms with E-state index in [1.165, 1.54) is 4.90 Å². The molecular formula is C42H59N5O9. The highest BCUT2D eigenvalue weighted by molar-refractivity contribution is 6.39. The van der Waals surface area contributed by atoms with Crippen LogP contribution < -0.4 is 21.3 Å². The third-order valence-corrected chi connectivity index (χ3v) is 9.50. The predicted octanol–water partition coefficient (Wildman–Crippen LogP) is 4.05. The van der Waals surface area contributed by atoms with E-state index in [0.29, 0.717) is 6.42 Å². The van der Waals surface area contributed by atoms with Crippen LogP contribution in [0.25, 0.3) is 0 Å². The average Bonchev–Trinajstić information content (AvgIpc) is 3.65. The Morgan fingerprint density at radius 1 is 0.643 bits per heavy atom. The fraction of sp³-hybridized carbons (Fsp3) is 0.548. The van der Waals surface area contributed by atoms with E-state index >= 15 is 0 Å². The smallest absolute Gasteiger partial charge is 0.408 e. The second kappa shape index (κ2) is 21.7. The first-order valence-electron chi connectivity index (χ1n) is 19.4. The summed E-state index contributed by atoms with van der Waals surface area (Å²) in [5, 5.41) is 10.6. The molecule has 0 aliphatic carbocycles. The number of ketones is 1. The minimum Gasteiger partial charge on any atom is -0.459 e. The van der Waals surface area contributed by atoms with Gasteiger partial charge >= 0.3 is 12.1 Å². The Morgan fingerprint density at radius 2 is 1.16 bits per heavy atom. The first kappa shape index (κ1) is 45.1. The SMILES string of the molecule is CC(C)C[C@@H](NC(=O)C(=O)[C@@H]1CCCN1C(=O)[C@@H](NC(=O)[C@@H](NC(=O)OCc1ccccc1)C(C)C)C(C)C)C(=O)N[C@H](C(=O)OCc1ccccc1)C(C)C. The number of nitrogens with zero attached hydrogens (tertiary/aromatic N) is 1. The van der Waals surface area contributed by atoms with E-state index in [1.54, 1.807) is 53.7 Å². The van der Waals surface area contributed by atoms with E-state index in [0.717, 1.165) is 11.1 Å². The van der Waals surface area contributed by atoms with Gasteiger partial charge in [-0.15, -0.1) is 0 Å². The van der Waals surface area contributed by atoms with Gasteiger partial charge in [-0.05, 0) is 54.1 Å². The van der Waals surface area contributed by atoms with Crippen molar-refractivity contribution in [2.24, 2.45) is 23.7 Å². The number of nitrogens with one attached hydrogen (secondary N) is 4. The molecular weight excluding hydrogens is 718 g/mol. The molecule has 0 radical (unpaired) electrons. The Labute approximate surface area is 330 Å². The maximum atomic E-state index is 14.0. The molecule has 1 fully saturated rings. The molecule has 1 aliphatic heterocycles. The monoisotopic (exact) mass is 777 g/mol. The summed E-state index contributed by atoms with van der Waals surface area (Å²) in [5.41, 5.74) is 1.56. The normalized spacial score (nSPS) is 16.1. The molecule has 1 heterocycles. The molecule has 5 amide bonds. The second-order valence-corrected chi connectivity index (χ2v) is 15.7. The number of hydrogen-bond acceptors (Lipinski definition) is 9. The molecule has 0 unspecified atom stereocenters. The van der Waals surface area contributed by atoms with E-state index in [9.17, 15) is 33.6 Å². The third-order valence-electron chi connectivity index (χ3n) is 9.50. The maximum Gasteiger partial charge on any atom is 0.408 e. The number of benzene rings is 2. The minimum atomic E-state index is -1.15. The van der Waals surface area contributed by atoms with E-state index in [1.807, 2.05) is 62.4 Å². The van der Waals surface area contributed by atoms with E-state index in [-0.39, 0.29) is 50.4 Å². The lowest BCUT2D eigenvalue weighted by molar-refractivity contribution is -0.151. The van der Waals surface area contributed by atoms with Crippen molar-refractivity contribution in [2.45, 2.75) is 118 Å². The number of rotatable bonds is 19. The van der Waals surface area contributed by atoms with Gasteiger partial charge in [0.15, 0.2) is 0 Å². The zero-order valence-corrected chi connectivity index (χ0v) is 33.8. The highest BCUT2D eigenvalue weighted by Crippen LogP contribution is 2.22. The van der Waals surface area contributed by atoms with Gasteiger partial charge in [-0.3, -0.25) is 24.0 Å². The molecule has 3 rings (SSSR count). The van der Waals surface area contributed by atoms with Gasteiger partial charge in [-0.1, -0.05) is 116 Å². The van der Waals surface area contributed by atoms with Crippen LogP contribution in [0.5, 0.6) is 0 Å². The summed E-state index contributed by atoms with van der Waals surface area (Å²) in [4.78, 5) is 95.3. The van der Waals surface area contributed by atoms with Gasteiger partial charge in [0, 0.05) is 6.54 Å². The molecule has 0 aromatic heterocycles. The number of carbonyl (C=O) groups excluding carboxylic acids is 7. The average molecular weight is 778 g/mol. The number of likely N-dealkylation sites (tertiary alicyclic amines) is 1. The van der Waals surface area contributed by atoms with Crippen LogP contribution in [0.3, 0.4) is 0 Å². The lowest BCUT2D eigenvalue weighted by Gasteiger charge is -2.32. The number of carbonyl (C=O) groups is 7. The standard InChI is InChI=1S/C42H59N5O9/c1-25(2)22-31(37(49)45-35(28(7)8)41(53)55-23-29-16-11-9-12-17-29)43-39(51)36(48)32-20-15-21-47(32)40(52)34(27(5)6)44-38(50)33(26(3)4)46-42(54)56-24-30-18-13-10-14-19-30/h9-14,16-19,25-28,31-35H,15,20-24H2,1-8H3,(H,43,51)(H,44,50)(H,45,49)(H,46,54)/t31-,32+,33+,34+,35+/m1/s1. The minimum absolute atomic E-state index is 0.00927. The Kier molecular flexibility index (Phi) is 17.5. The first-order valence-corrected chi connectivity index (χ1v) is 19.4. The van der Waals surface area contributed by atoms with Crippen molar-refractivity contribution in [3.8, 4) is 0 Å². The van der Waals surface area contributed by atoms with Gasteiger partial charge < -0.3 is 35.6 Å². The molecule has 2 aromatic carbocycles. The van der Waals surface area contributed by atoms with Gasteiger partial charge in [0.1, 0.15) is 43.4 Å². The molecule has 5 atom stereocenters. The number of alkyl carbamates (subject to hydrolysis) is 1. The molecule has 1 aliphatic rings. The molecule has 0 spiro atoms. The number of hydrogen-bond donors (Lipinski definition) is 4. The number of ether oxygens (including phenoxy) is 2. The third kappa shape index (κ3) is 13.5. The first-order chi connectivity index (χ1) is 26.5. The summed E-state index contributed by atoms with van der Waals surface area (Å²) in [6.07, 6.45) is 0.0333. The van der Waals surface area contributed by atoms with E-state index in [2.05, 4.69) is 21.3 Å². The maximum absolute atomic E-state index is 14.0. The lowest BCUT2D eigenvalue weighted by atomic mass is 9.98. The predicted molar refractivity (Wildman–Crippen MR) is 209 cm³/mol. The summed E-state index contributed by atoms with van der Waals surface area (Å²) in [7, 11) is 0. The highest BCUT2D eigenvalue weighted by atomic mass is 16.5. The van der Waals surface area contributed by atoms with Crippen LogP contribution in [0.15, 0.2) is 60.7 Å². The van der Waals surface area contributed by atoms with Gasteiger partial charge in [0.2, 0.25) is 23.5 Å². The van der Waals surface area contributed by atoms with E-state index < -0.39 is 77.6 Å². The highest BCUT2D eigenvalue weighted by Gasteiger charge is 2.42. The summed E-state index contributed by atoms with van der Waals surface area (Å²) < 4.78 is 10.8. The van der Waals surface area contributed by atoms with Crippen LogP contribution in [0.2, 0.25) is 0 Å². The topological polar surface area (TPSA) is 189 Å². The van der Waals surface area contributed by atoms with Crippen molar-refractivity contribution < 1.29 is 43.0 Å². The molecule has 4 N–H and O–H groups in total. The quantitative estimate of drug-likeness (QED) is 0.121. The van der Waals surface area contributed by atoms with Crippen LogP contribution in [0.1, 0.15) is 85.8 Å². The van der Waals surface area contributed by atoms with E-state index in [4.69, 9.17) is 9.47 Å². The summed E-state index contributed by atoms with van der Waals surface area (Å²) >= 11 is 0. The van der Waals surface area contributed by atoms with Crippen LogP contribution in [0.4, 0.5) is 4.79 Å². The van der Waals surface area contributed by atoms with Crippen molar-refractivity contribution in [2.75, 3.05) is 6.54 Å². The van der Waals surface area contributed by atoms with Gasteiger partial charge in [0.05, 0.1) is 0 Å². The molecule has 1 saturated heterocycles. The van der Waals surface area contributed by atoms with Crippen LogP contribution in [-0.4, -0.2) is 83.1 Å². The van der Waals surface area contributed by atoms with Gasteiger partial charge in [-0.25, -0.2) is 9.59 Å². The lowest BCUT2D eigenvalue weighted by Crippen LogP contribution is -2.59. The summed E-state index contributed by atoms with van der Waals surface area (Å²) in [6.45, 7) is 14.4. The second-order valence-electron chi connectivity index (χ2n) is 15.7. The fourth-order valence-corrected chi connectivity index (χ4v) is 6.32. The van der Waals surface area contributed by atoms with Gasteiger partial charge in [-0.2, -0.15) is 0 Å². The van der Waals surface area contributed by atoms with Crippen LogP contribution >= 0.6 is 0 Å². The van der Waals surface area contributed by atoms with Gasteiger partial charge in [0.25, 0.3) is 5.91 Å². The Hall–Kier alpha value is -5.27. The van der Waals surface area contributed by atoms with Crippen molar-refractivity contribution >= 4 is 41.5 Å².